The molecular weight excluding hydrogens is 264 g/mol. The Balaban J connectivity index is 1.93. The summed E-state index contributed by atoms with van der Waals surface area (Å²) in [6.07, 6.45) is 2.00. The Morgan fingerprint density at radius 2 is 2.05 bits per heavy atom. The van der Waals surface area contributed by atoms with Gasteiger partial charge in [-0.2, -0.15) is 0 Å². The Morgan fingerprint density at radius 3 is 2.86 bits per heavy atom. The number of aryl methyl sites for hydroxylation is 1. The van der Waals surface area contributed by atoms with Gasteiger partial charge in [-0.3, -0.25) is 0 Å². The summed E-state index contributed by atoms with van der Waals surface area (Å²) in [5.41, 5.74) is 2.97. The van der Waals surface area contributed by atoms with Crippen molar-refractivity contribution in [2.75, 3.05) is 6.54 Å². The highest BCUT2D eigenvalue weighted by atomic mass is 16.5. The zero-order valence-electron chi connectivity index (χ0n) is 12.5. The average molecular weight is 284 g/mol. The van der Waals surface area contributed by atoms with Crippen LogP contribution in [0.2, 0.25) is 0 Å². The van der Waals surface area contributed by atoms with Crippen molar-refractivity contribution in [3.05, 3.63) is 41.6 Å². The van der Waals surface area contributed by atoms with E-state index in [1.54, 1.807) is 0 Å². The van der Waals surface area contributed by atoms with Gasteiger partial charge in [-0.15, -0.1) is 0 Å². The van der Waals surface area contributed by atoms with Crippen LogP contribution in [-0.2, 0) is 13.0 Å². The van der Waals surface area contributed by atoms with E-state index in [1.165, 1.54) is 5.56 Å². The Hall–Kier alpha value is -2.07. The van der Waals surface area contributed by atoms with Crippen LogP contribution in [0.5, 0.6) is 0 Å². The molecule has 3 rings (SSSR count). The van der Waals surface area contributed by atoms with Gasteiger partial charge in [0.2, 0.25) is 5.76 Å². The van der Waals surface area contributed by atoms with Gasteiger partial charge in [-0.05, 0) is 25.5 Å². The molecule has 0 aliphatic carbocycles. The van der Waals surface area contributed by atoms with Crippen LogP contribution in [-0.4, -0.2) is 11.7 Å². The molecule has 2 heterocycles. The number of para-hydroxylation sites is 1. The lowest BCUT2D eigenvalue weighted by atomic mass is 10.1. The van der Waals surface area contributed by atoms with Crippen molar-refractivity contribution in [2.45, 2.75) is 33.2 Å². The minimum atomic E-state index is 0.705. The van der Waals surface area contributed by atoms with Crippen molar-refractivity contribution in [1.82, 2.24) is 10.5 Å². The van der Waals surface area contributed by atoms with Gasteiger partial charge in [0.1, 0.15) is 5.58 Å². The SMILES string of the molecule is CCCNCc1cc(-c2oc3ccccc3c2CC)on1. The Morgan fingerprint density at radius 1 is 1.19 bits per heavy atom. The molecule has 0 fully saturated rings. The first-order chi connectivity index (χ1) is 10.3. The highest BCUT2D eigenvalue weighted by molar-refractivity contribution is 5.87. The molecule has 3 aromatic rings. The van der Waals surface area contributed by atoms with Crippen molar-refractivity contribution < 1.29 is 8.94 Å². The zero-order valence-corrected chi connectivity index (χ0v) is 12.5. The van der Waals surface area contributed by atoms with Gasteiger partial charge < -0.3 is 14.3 Å². The first kappa shape index (κ1) is 13.9. The molecule has 2 aromatic heterocycles. The standard InChI is InChI=1S/C17H20N2O2/c1-3-9-18-11-12-10-16(21-19-12)17-13(4-2)14-7-5-6-8-15(14)20-17/h5-8,10,18H,3-4,9,11H2,1-2H3. The van der Waals surface area contributed by atoms with Gasteiger partial charge in [-0.1, -0.05) is 37.2 Å². The number of benzene rings is 1. The number of rotatable bonds is 6. The van der Waals surface area contributed by atoms with E-state index in [0.29, 0.717) is 5.76 Å². The molecule has 4 nitrogen and oxygen atoms in total. The molecular formula is C17H20N2O2. The molecule has 0 radical (unpaired) electrons. The van der Waals surface area contributed by atoms with Crippen molar-refractivity contribution in [3.8, 4) is 11.5 Å². The summed E-state index contributed by atoms with van der Waals surface area (Å²) in [5.74, 6) is 1.50. The van der Waals surface area contributed by atoms with Gasteiger partial charge in [-0.25, -0.2) is 0 Å². The number of hydrogen-bond donors (Lipinski definition) is 1. The van der Waals surface area contributed by atoms with E-state index in [-0.39, 0.29) is 0 Å². The fourth-order valence-electron chi connectivity index (χ4n) is 2.54. The minimum absolute atomic E-state index is 0.705. The van der Waals surface area contributed by atoms with E-state index in [1.807, 2.05) is 24.3 Å². The molecule has 0 saturated heterocycles. The van der Waals surface area contributed by atoms with E-state index in [9.17, 15) is 0 Å². The summed E-state index contributed by atoms with van der Waals surface area (Å²) in [6.45, 7) is 5.97. The Labute approximate surface area is 124 Å². The smallest absolute Gasteiger partial charge is 0.202 e. The second kappa shape index (κ2) is 6.14. The molecule has 0 bridgehead atoms. The van der Waals surface area contributed by atoms with Crippen LogP contribution in [0.25, 0.3) is 22.5 Å². The molecule has 0 saturated carbocycles. The third-order valence-corrected chi connectivity index (χ3v) is 3.57. The summed E-state index contributed by atoms with van der Waals surface area (Å²) < 4.78 is 11.4. The third-order valence-electron chi connectivity index (χ3n) is 3.57. The largest absolute Gasteiger partial charge is 0.452 e. The summed E-state index contributed by atoms with van der Waals surface area (Å²) in [5, 5.41) is 8.58. The van der Waals surface area contributed by atoms with Crippen LogP contribution in [0, 0.1) is 0 Å². The first-order valence-electron chi connectivity index (χ1n) is 7.50. The number of nitrogens with zero attached hydrogens (tertiary/aromatic N) is 1. The van der Waals surface area contributed by atoms with Gasteiger partial charge in [0.15, 0.2) is 5.76 Å². The van der Waals surface area contributed by atoms with E-state index >= 15 is 0 Å². The number of aromatic nitrogens is 1. The normalized spacial score (nSPS) is 11.3. The lowest BCUT2D eigenvalue weighted by Crippen LogP contribution is -2.13. The maximum absolute atomic E-state index is 5.96. The predicted octanol–water partition coefficient (Wildman–Crippen LogP) is 4.15. The van der Waals surface area contributed by atoms with Gasteiger partial charge in [0.05, 0.1) is 5.69 Å². The fourth-order valence-corrected chi connectivity index (χ4v) is 2.54. The third kappa shape index (κ3) is 2.72. The highest BCUT2D eigenvalue weighted by Gasteiger charge is 2.18. The lowest BCUT2D eigenvalue weighted by Gasteiger charge is -1.96. The maximum atomic E-state index is 5.96. The molecule has 1 N–H and O–H groups in total. The Kier molecular flexibility index (Phi) is 4.06. The second-order valence-electron chi connectivity index (χ2n) is 5.12. The van der Waals surface area contributed by atoms with Crippen LogP contribution in [0.15, 0.2) is 39.3 Å². The minimum Gasteiger partial charge on any atom is -0.452 e. The molecule has 110 valence electrons. The van der Waals surface area contributed by atoms with Crippen LogP contribution in [0.4, 0.5) is 0 Å². The molecule has 0 atom stereocenters. The molecule has 21 heavy (non-hydrogen) atoms. The van der Waals surface area contributed by atoms with Crippen molar-refractivity contribution in [3.63, 3.8) is 0 Å². The molecule has 4 heteroatoms. The quantitative estimate of drug-likeness (QED) is 0.691. The Bertz CT molecular complexity index is 727. The van der Waals surface area contributed by atoms with Gasteiger partial charge >= 0.3 is 0 Å². The summed E-state index contributed by atoms with van der Waals surface area (Å²) in [7, 11) is 0. The second-order valence-corrected chi connectivity index (χ2v) is 5.12. The van der Waals surface area contributed by atoms with Gasteiger partial charge in [0.25, 0.3) is 0 Å². The van der Waals surface area contributed by atoms with Crippen molar-refractivity contribution in [1.29, 1.82) is 0 Å². The fraction of sp³-hybridized carbons (Fsp3) is 0.353. The number of furan rings is 1. The predicted molar refractivity (Wildman–Crippen MR) is 83.1 cm³/mol. The maximum Gasteiger partial charge on any atom is 0.202 e. The first-order valence-corrected chi connectivity index (χ1v) is 7.50. The topological polar surface area (TPSA) is 51.2 Å². The van der Waals surface area contributed by atoms with Gasteiger partial charge in [0, 0.05) is 23.6 Å². The summed E-state index contributed by atoms with van der Waals surface area (Å²) in [4.78, 5) is 0. The van der Waals surface area contributed by atoms with E-state index in [2.05, 4.69) is 30.4 Å². The number of nitrogens with one attached hydrogen (secondary N) is 1. The monoisotopic (exact) mass is 284 g/mol. The molecule has 0 aliphatic heterocycles. The zero-order chi connectivity index (χ0) is 14.7. The van der Waals surface area contributed by atoms with Crippen LogP contribution in [0.3, 0.4) is 0 Å². The van der Waals surface area contributed by atoms with E-state index in [0.717, 1.165) is 48.4 Å². The van der Waals surface area contributed by atoms with Crippen molar-refractivity contribution in [2.24, 2.45) is 0 Å². The van der Waals surface area contributed by atoms with E-state index < -0.39 is 0 Å². The molecule has 0 unspecified atom stereocenters. The summed E-state index contributed by atoms with van der Waals surface area (Å²) >= 11 is 0. The lowest BCUT2D eigenvalue weighted by molar-refractivity contribution is 0.409. The van der Waals surface area contributed by atoms with Crippen LogP contribution >= 0.6 is 0 Å². The molecule has 1 aromatic carbocycles. The number of fused-ring (bicyclic) bond motifs is 1. The molecule has 0 spiro atoms. The van der Waals surface area contributed by atoms with E-state index in [4.69, 9.17) is 8.94 Å². The van der Waals surface area contributed by atoms with Crippen LogP contribution in [0.1, 0.15) is 31.5 Å². The highest BCUT2D eigenvalue weighted by Crippen LogP contribution is 2.34. The van der Waals surface area contributed by atoms with Crippen LogP contribution < -0.4 is 5.32 Å². The van der Waals surface area contributed by atoms with Crippen molar-refractivity contribution >= 4 is 11.0 Å². The summed E-state index contributed by atoms with van der Waals surface area (Å²) in [6, 6.07) is 10.0. The average Bonchev–Trinajstić information content (AvgIpc) is 3.11. The number of hydrogen-bond acceptors (Lipinski definition) is 4. The molecule has 0 aliphatic rings. The molecule has 0 amide bonds.